The van der Waals surface area contributed by atoms with Gasteiger partial charge in [0.2, 0.25) is 11.8 Å². The molecular formula is C14H15N3O4. The predicted octanol–water partition coefficient (Wildman–Crippen LogP) is 1.95. The number of aryl methyl sites for hydroxylation is 1. The number of hydrogen-bond donors (Lipinski definition) is 1. The fourth-order valence-electron chi connectivity index (χ4n) is 1.59. The molecule has 7 heteroatoms. The molecule has 0 spiro atoms. The Morgan fingerprint density at radius 2 is 1.86 bits per heavy atom. The Bertz CT molecular complexity index is 634. The first-order valence-electron chi connectivity index (χ1n) is 6.44. The number of carbonyl (C=O) groups excluding carboxylic acids is 2. The van der Waals surface area contributed by atoms with Crippen LogP contribution in [0.15, 0.2) is 28.7 Å². The molecule has 0 aliphatic heterocycles. The summed E-state index contributed by atoms with van der Waals surface area (Å²) < 4.78 is 10.3. The molecule has 21 heavy (non-hydrogen) atoms. The molecule has 2 aromatic rings. The molecule has 0 atom stereocenters. The van der Waals surface area contributed by atoms with Gasteiger partial charge in [-0.25, -0.2) is 4.79 Å². The summed E-state index contributed by atoms with van der Waals surface area (Å²) in [6.45, 7) is 3.23. The molecule has 7 nitrogen and oxygen atoms in total. The van der Waals surface area contributed by atoms with Crippen LogP contribution in [0.4, 0.5) is 5.69 Å². The van der Waals surface area contributed by atoms with E-state index >= 15 is 0 Å². The summed E-state index contributed by atoms with van der Waals surface area (Å²) in [6.07, 6.45) is 0.631. The van der Waals surface area contributed by atoms with E-state index in [1.165, 1.54) is 6.92 Å². The van der Waals surface area contributed by atoms with E-state index in [1.807, 2.05) is 6.92 Å². The van der Waals surface area contributed by atoms with Crippen molar-refractivity contribution in [3.05, 3.63) is 41.6 Å². The monoisotopic (exact) mass is 289 g/mol. The third-order valence-corrected chi connectivity index (χ3v) is 2.58. The molecule has 2 rings (SSSR count). The van der Waals surface area contributed by atoms with Gasteiger partial charge in [-0.3, -0.25) is 4.79 Å². The highest BCUT2D eigenvalue weighted by Gasteiger charge is 2.10. The number of rotatable bonds is 5. The van der Waals surface area contributed by atoms with Crippen LogP contribution in [0.25, 0.3) is 0 Å². The average Bonchev–Trinajstić information content (AvgIpc) is 2.93. The third-order valence-electron chi connectivity index (χ3n) is 2.58. The zero-order valence-electron chi connectivity index (χ0n) is 11.8. The van der Waals surface area contributed by atoms with Crippen molar-refractivity contribution in [2.75, 3.05) is 5.32 Å². The second kappa shape index (κ2) is 6.65. The molecule has 0 radical (unpaired) electrons. The van der Waals surface area contributed by atoms with E-state index in [9.17, 15) is 9.59 Å². The smallest absolute Gasteiger partial charge is 0.338 e. The first-order chi connectivity index (χ1) is 10.1. The molecule has 0 aliphatic carbocycles. The quantitative estimate of drug-likeness (QED) is 0.845. The lowest BCUT2D eigenvalue weighted by Gasteiger charge is -2.04. The van der Waals surface area contributed by atoms with E-state index in [1.54, 1.807) is 24.3 Å². The maximum Gasteiger partial charge on any atom is 0.338 e. The van der Waals surface area contributed by atoms with E-state index in [2.05, 4.69) is 15.5 Å². The number of ether oxygens (including phenoxy) is 1. The van der Waals surface area contributed by atoms with Gasteiger partial charge in [0, 0.05) is 19.0 Å². The van der Waals surface area contributed by atoms with Gasteiger partial charge in [0.25, 0.3) is 5.89 Å². The Hall–Kier alpha value is -2.70. The number of nitrogens with zero attached hydrogens (tertiary/aromatic N) is 2. The average molecular weight is 289 g/mol. The fourth-order valence-corrected chi connectivity index (χ4v) is 1.59. The van der Waals surface area contributed by atoms with Crippen molar-refractivity contribution in [1.29, 1.82) is 0 Å². The molecule has 110 valence electrons. The molecule has 1 aromatic carbocycles. The Morgan fingerprint density at radius 1 is 1.19 bits per heavy atom. The van der Waals surface area contributed by atoms with Crippen molar-refractivity contribution >= 4 is 17.6 Å². The number of benzene rings is 1. The summed E-state index contributed by atoms with van der Waals surface area (Å²) in [7, 11) is 0. The maximum atomic E-state index is 11.8. The van der Waals surface area contributed by atoms with Crippen LogP contribution >= 0.6 is 0 Å². The van der Waals surface area contributed by atoms with Crippen LogP contribution in [-0.4, -0.2) is 22.1 Å². The molecular weight excluding hydrogens is 274 g/mol. The van der Waals surface area contributed by atoms with Crippen molar-refractivity contribution in [3.63, 3.8) is 0 Å². The minimum Gasteiger partial charge on any atom is -0.452 e. The maximum absolute atomic E-state index is 11.8. The number of hydrogen-bond acceptors (Lipinski definition) is 6. The molecule has 0 aliphatic rings. The zero-order chi connectivity index (χ0) is 15.2. The number of nitrogens with one attached hydrogen (secondary N) is 1. The summed E-state index contributed by atoms with van der Waals surface area (Å²) in [5.74, 6) is 0.0878. The van der Waals surface area contributed by atoms with Crippen molar-refractivity contribution in [1.82, 2.24) is 10.2 Å². The topological polar surface area (TPSA) is 94.3 Å². The highest BCUT2D eigenvalue weighted by molar-refractivity contribution is 5.92. The van der Waals surface area contributed by atoms with Gasteiger partial charge >= 0.3 is 5.97 Å². The van der Waals surface area contributed by atoms with Gasteiger partial charge in [-0.05, 0) is 24.3 Å². The van der Waals surface area contributed by atoms with Crippen LogP contribution < -0.4 is 5.32 Å². The molecule has 0 unspecified atom stereocenters. The molecule has 1 amide bonds. The number of anilines is 1. The molecule has 0 fully saturated rings. The van der Waals surface area contributed by atoms with E-state index in [0.29, 0.717) is 23.6 Å². The van der Waals surface area contributed by atoms with Crippen LogP contribution in [0, 0.1) is 0 Å². The van der Waals surface area contributed by atoms with Gasteiger partial charge in [-0.1, -0.05) is 6.92 Å². The lowest BCUT2D eigenvalue weighted by Crippen LogP contribution is -2.08. The summed E-state index contributed by atoms with van der Waals surface area (Å²) in [5, 5.41) is 10.1. The first-order valence-corrected chi connectivity index (χ1v) is 6.44. The second-order valence-electron chi connectivity index (χ2n) is 4.28. The lowest BCUT2D eigenvalue weighted by atomic mass is 10.2. The minimum atomic E-state index is -0.499. The Labute approximate surface area is 121 Å². The molecule has 0 saturated carbocycles. The van der Waals surface area contributed by atoms with Crippen molar-refractivity contribution in [2.24, 2.45) is 0 Å². The second-order valence-corrected chi connectivity index (χ2v) is 4.28. The van der Waals surface area contributed by atoms with Crippen LogP contribution in [-0.2, 0) is 22.6 Å². The molecule has 1 heterocycles. The number of aromatic nitrogens is 2. The summed E-state index contributed by atoms with van der Waals surface area (Å²) in [4.78, 5) is 22.7. The van der Waals surface area contributed by atoms with Crippen LogP contribution in [0.5, 0.6) is 0 Å². The summed E-state index contributed by atoms with van der Waals surface area (Å²) in [5.41, 5.74) is 0.989. The Morgan fingerprint density at radius 3 is 2.43 bits per heavy atom. The molecule has 1 N–H and O–H groups in total. The standard InChI is InChI=1S/C14H15N3O4/c1-3-12-16-17-13(21-12)8-20-14(19)10-4-6-11(7-5-10)15-9(2)18/h4-7H,3,8H2,1-2H3,(H,15,18). The Kier molecular flexibility index (Phi) is 4.65. The largest absolute Gasteiger partial charge is 0.452 e. The number of amides is 1. The van der Waals surface area contributed by atoms with Crippen LogP contribution in [0.1, 0.15) is 36.0 Å². The SMILES string of the molecule is CCc1nnc(COC(=O)c2ccc(NC(C)=O)cc2)o1. The van der Waals surface area contributed by atoms with Crippen LogP contribution in [0.3, 0.4) is 0 Å². The van der Waals surface area contributed by atoms with Gasteiger partial charge in [-0.15, -0.1) is 10.2 Å². The minimum absolute atomic E-state index is 0.0702. The van der Waals surface area contributed by atoms with Crippen molar-refractivity contribution < 1.29 is 18.7 Å². The number of esters is 1. The predicted molar refractivity (Wildman–Crippen MR) is 73.5 cm³/mol. The Balaban J connectivity index is 1.92. The summed E-state index contributed by atoms with van der Waals surface area (Å²) in [6, 6.07) is 6.39. The van der Waals surface area contributed by atoms with Gasteiger partial charge < -0.3 is 14.5 Å². The van der Waals surface area contributed by atoms with Gasteiger partial charge in [0.1, 0.15) is 0 Å². The van der Waals surface area contributed by atoms with E-state index < -0.39 is 5.97 Å². The van der Waals surface area contributed by atoms with Gasteiger partial charge in [0.15, 0.2) is 6.61 Å². The molecule has 0 saturated heterocycles. The van der Waals surface area contributed by atoms with E-state index in [4.69, 9.17) is 9.15 Å². The summed E-state index contributed by atoms with van der Waals surface area (Å²) >= 11 is 0. The molecule has 0 bridgehead atoms. The highest BCUT2D eigenvalue weighted by atomic mass is 16.5. The van der Waals surface area contributed by atoms with Crippen molar-refractivity contribution in [3.8, 4) is 0 Å². The highest BCUT2D eigenvalue weighted by Crippen LogP contribution is 2.11. The normalized spacial score (nSPS) is 10.2. The van der Waals surface area contributed by atoms with Crippen LogP contribution in [0.2, 0.25) is 0 Å². The van der Waals surface area contributed by atoms with Gasteiger partial charge in [0.05, 0.1) is 5.56 Å². The zero-order valence-corrected chi connectivity index (χ0v) is 11.8. The number of carbonyl (C=O) groups is 2. The van der Waals surface area contributed by atoms with E-state index in [-0.39, 0.29) is 18.4 Å². The third kappa shape index (κ3) is 4.13. The fraction of sp³-hybridized carbons (Fsp3) is 0.286. The molecule has 1 aromatic heterocycles. The first kappa shape index (κ1) is 14.7. The van der Waals surface area contributed by atoms with Crippen molar-refractivity contribution in [2.45, 2.75) is 26.9 Å². The van der Waals surface area contributed by atoms with Gasteiger partial charge in [-0.2, -0.15) is 0 Å². The lowest BCUT2D eigenvalue weighted by molar-refractivity contribution is -0.114. The van der Waals surface area contributed by atoms with E-state index in [0.717, 1.165) is 0 Å².